The van der Waals surface area contributed by atoms with E-state index in [1.54, 1.807) is 0 Å². The van der Waals surface area contributed by atoms with Gasteiger partial charge in [0.2, 0.25) is 0 Å². The minimum absolute atomic E-state index is 0. The van der Waals surface area contributed by atoms with Crippen molar-refractivity contribution in [3.8, 4) is 5.75 Å². The zero-order chi connectivity index (χ0) is 13.5. The van der Waals surface area contributed by atoms with Gasteiger partial charge in [0.1, 0.15) is 11.9 Å². The van der Waals surface area contributed by atoms with E-state index in [0.717, 1.165) is 31.6 Å². The Balaban J connectivity index is 0.00000200. The Morgan fingerprint density at radius 3 is 3.00 bits per heavy atom. The first kappa shape index (κ1) is 16.8. The van der Waals surface area contributed by atoms with E-state index < -0.39 is 0 Å². The second-order valence-corrected chi connectivity index (χ2v) is 4.75. The Kier molecular flexibility index (Phi) is 7.41. The highest BCUT2D eigenvalue weighted by Crippen LogP contribution is 2.27. The van der Waals surface area contributed by atoms with Crippen LogP contribution in [-0.4, -0.2) is 32.3 Å². The summed E-state index contributed by atoms with van der Waals surface area (Å²) in [5.74, 6) is 0.851. The lowest BCUT2D eigenvalue weighted by atomic mass is 10.0. The first-order valence-corrected chi connectivity index (χ1v) is 6.81. The van der Waals surface area contributed by atoms with Crippen molar-refractivity contribution in [2.24, 2.45) is 0 Å². The average molecular weight is 300 g/mol. The summed E-state index contributed by atoms with van der Waals surface area (Å²) in [5.41, 5.74) is 1.30. The first-order valence-electron chi connectivity index (χ1n) is 6.81. The number of hydrogen-bond acceptors (Lipinski definition) is 4. The number of esters is 1. The molecule has 0 aromatic heterocycles. The van der Waals surface area contributed by atoms with Crippen LogP contribution in [0.5, 0.6) is 5.75 Å². The van der Waals surface area contributed by atoms with Crippen molar-refractivity contribution < 1.29 is 14.3 Å². The number of hydrogen-bond donors (Lipinski definition) is 1. The van der Waals surface area contributed by atoms with Crippen molar-refractivity contribution in [1.29, 1.82) is 0 Å². The van der Waals surface area contributed by atoms with E-state index in [1.807, 2.05) is 12.1 Å². The van der Waals surface area contributed by atoms with E-state index in [1.165, 1.54) is 12.7 Å². The highest BCUT2D eigenvalue weighted by atomic mass is 35.5. The van der Waals surface area contributed by atoms with Gasteiger partial charge in [0.05, 0.1) is 13.5 Å². The molecule has 0 bridgehead atoms. The van der Waals surface area contributed by atoms with Gasteiger partial charge in [-0.1, -0.05) is 18.2 Å². The van der Waals surface area contributed by atoms with Gasteiger partial charge in [0.15, 0.2) is 0 Å². The van der Waals surface area contributed by atoms with Crippen LogP contribution in [0.15, 0.2) is 24.3 Å². The Labute approximate surface area is 126 Å². The first-order chi connectivity index (χ1) is 9.29. The maximum atomic E-state index is 10.9. The normalized spacial score (nSPS) is 16.6. The number of carbonyl (C=O) groups excluding carboxylic acids is 1. The van der Waals surface area contributed by atoms with Crippen molar-refractivity contribution in [2.75, 3.05) is 20.2 Å². The number of carbonyl (C=O) groups is 1. The van der Waals surface area contributed by atoms with Gasteiger partial charge in [-0.25, -0.2) is 0 Å². The van der Waals surface area contributed by atoms with Crippen LogP contribution in [0.1, 0.15) is 24.8 Å². The molecule has 2 rings (SSSR count). The minimum Gasteiger partial charge on any atom is -0.490 e. The van der Waals surface area contributed by atoms with E-state index >= 15 is 0 Å². The second kappa shape index (κ2) is 8.82. The number of methoxy groups -OCH3 is 1. The summed E-state index contributed by atoms with van der Waals surface area (Å²) in [5, 5.41) is 3.24. The molecule has 1 unspecified atom stereocenters. The number of rotatable bonds is 6. The number of aryl methyl sites for hydroxylation is 1. The molecule has 0 radical (unpaired) electrons. The van der Waals surface area contributed by atoms with Gasteiger partial charge in [-0.15, -0.1) is 12.4 Å². The molecule has 1 heterocycles. The van der Waals surface area contributed by atoms with Gasteiger partial charge in [-0.3, -0.25) is 4.79 Å². The highest BCUT2D eigenvalue weighted by molar-refractivity contribution is 5.85. The van der Waals surface area contributed by atoms with Gasteiger partial charge < -0.3 is 14.8 Å². The number of nitrogens with one attached hydrogen (secondary N) is 1. The second-order valence-electron chi connectivity index (χ2n) is 4.75. The summed E-state index contributed by atoms with van der Waals surface area (Å²) in [4.78, 5) is 10.9. The Hall–Kier alpha value is -1.26. The lowest BCUT2D eigenvalue weighted by Gasteiger charge is -2.26. The maximum absolute atomic E-state index is 10.9. The molecule has 0 saturated heterocycles. The van der Waals surface area contributed by atoms with Crippen LogP contribution in [0.3, 0.4) is 0 Å². The molecule has 0 saturated carbocycles. The lowest BCUT2D eigenvalue weighted by Crippen LogP contribution is -2.28. The third-order valence-corrected chi connectivity index (χ3v) is 3.38. The zero-order valence-corrected chi connectivity index (χ0v) is 12.6. The van der Waals surface area contributed by atoms with Gasteiger partial charge in [0.25, 0.3) is 0 Å². The number of ether oxygens (including phenoxy) is 2. The van der Waals surface area contributed by atoms with Crippen LogP contribution in [-0.2, 0) is 16.0 Å². The predicted molar refractivity (Wildman–Crippen MR) is 80.5 cm³/mol. The molecule has 0 aliphatic carbocycles. The minimum atomic E-state index is -0.171. The molecule has 5 heteroatoms. The van der Waals surface area contributed by atoms with Crippen LogP contribution in [0, 0.1) is 0 Å². The molecule has 1 aliphatic heterocycles. The molecule has 1 N–H and O–H groups in total. The number of halogens is 1. The summed E-state index contributed by atoms with van der Waals surface area (Å²) in [6, 6.07) is 8.22. The molecular formula is C15H22ClNO3. The summed E-state index contributed by atoms with van der Waals surface area (Å²) in [7, 11) is 1.41. The van der Waals surface area contributed by atoms with Gasteiger partial charge in [-0.05, 0) is 37.4 Å². The van der Waals surface area contributed by atoms with Gasteiger partial charge in [-0.2, -0.15) is 0 Å². The highest BCUT2D eigenvalue weighted by Gasteiger charge is 2.18. The van der Waals surface area contributed by atoms with Gasteiger partial charge in [0, 0.05) is 6.54 Å². The van der Waals surface area contributed by atoms with E-state index in [4.69, 9.17) is 4.74 Å². The molecule has 1 aliphatic rings. The van der Waals surface area contributed by atoms with Crippen LogP contribution < -0.4 is 10.1 Å². The van der Waals surface area contributed by atoms with Crippen LogP contribution >= 0.6 is 12.4 Å². The molecular weight excluding hydrogens is 278 g/mol. The average Bonchev–Trinajstić information content (AvgIpc) is 2.46. The van der Waals surface area contributed by atoms with Gasteiger partial charge >= 0.3 is 5.97 Å². The summed E-state index contributed by atoms with van der Waals surface area (Å²) in [6.07, 6.45) is 3.82. The monoisotopic (exact) mass is 299 g/mol. The Bertz CT molecular complexity index is 425. The van der Waals surface area contributed by atoms with Crippen molar-refractivity contribution in [3.63, 3.8) is 0 Å². The molecule has 0 amide bonds. The van der Waals surface area contributed by atoms with Crippen molar-refractivity contribution >= 4 is 18.4 Å². The van der Waals surface area contributed by atoms with Crippen molar-refractivity contribution in [3.05, 3.63) is 29.8 Å². The van der Waals surface area contributed by atoms with E-state index in [9.17, 15) is 4.79 Å². The van der Waals surface area contributed by atoms with Crippen LogP contribution in [0.4, 0.5) is 0 Å². The molecule has 4 nitrogen and oxygen atoms in total. The topological polar surface area (TPSA) is 47.6 Å². The number of benzene rings is 1. The molecule has 1 atom stereocenters. The summed E-state index contributed by atoms with van der Waals surface area (Å²) < 4.78 is 10.5. The summed E-state index contributed by atoms with van der Waals surface area (Å²) >= 11 is 0. The molecule has 20 heavy (non-hydrogen) atoms. The summed E-state index contributed by atoms with van der Waals surface area (Å²) in [6.45, 7) is 1.53. The third-order valence-electron chi connectivity index (χ3n) is 3.38. The smallest absolute Gasteiger partial charge is 0.306 e. The fourth-order valence-electron chi connectivity index (χ4n) is 2.26. The maximum Gasteiger partial charge on any atom is 0.306 e. The number of para-hydroxylation sites is 1. The largest absolute Gasteiger partial charge is 0.490 e. The van der Waals surface area contributed by atoms with Crippen molar-refractivity contribution in [2.45, 2.75) is 31.8 Å². The zero-order valence-electron chi connectivity index (χ0n) is 11.8. The van der Waals surface area contributed by atoms with E-state index in [0.29, 0.717) is 13.0 Å². The predicted octanol–water partition coefficient (Wildman–Crippen LogP) is 2.34. The van der Waals surface area contributed by atoms with E-state index in [-0.39, 0.29) is 24.5 Å². The Morgan fingerprint density at radius 2 is 2.20 bits per heavy atom. The molecule has 1 aromatic rings. The van der Waals surface area contributed by atoms with E-state index in [2.05, 4.69) is 22.2 Å². The SMILES string of the molecule is COC(=O)CCNCCC1CCc2ccccc2O1.Cl. The van der Waals surface area contributed by atoms with Crippen LogP contribution in [0.25, 0.3) is 0 Å². The fraction of sp³-hybridized carbons (Fsp3) is 0.533. The molecule has 0 spiro atoms. The number of fused-ring (bicyclic) bond motifs is 1. The fourth-order valence-corrected chi connectivity index (χ4v) is 2.26. The van der Waals surface area contributed by atoms with Crippen LogP contribution in [0.2, 0.25) is 0 Å². The lowest BCUT2D eigenvalue weighted by molar-refractivity contribution is -0.140. The molecule has 112 valence electrons. The molecule has 0 fully saturated rings. The quantitative estimate of drug-likeness (QED) is 0.647. The Morgan fingerprint density at radius 1 is 1.40 bits per heavy atom. The molecule has 1 aromatic carbocycles. The third kappa shape index (κ3) is 5.02. The standard InChI is InChI=1S/C15H21NO3.ClH/c1-18-15(17)9-11-16-10-8-13-7-6-12-4-2-3-5-14(12)19-13;/h2-5,13,16H,6-11H2,1H3;1H. The van der Waals surface area contributed by atoms with Crippen molar-refractivity contribution in [1.82, 2.24) is 5.32 Å².